The number of β-amino-alcohol motifs (C(OH)–C–C–N with tert-alkyl or cyclic N) is 1. The number of hydrogen-bond donors (Lipinski definition) is 5. The number of nitrogens with zero attached hydrogens (tertiary/aromatic N) is 8. The number of amides is 4. The van der Waals surface area contributed by atoms with Crippen molar-refractivity contribution < 1.29 is 34.1 Å². The number of piperidine rings is 2. The topological polar surface area (TPSA) is 214 Å². The first-order valence-electron chi connectivity index (χ1n) is 25.7. The Kier molecular flexibility index (Phi) is 15.5. The molecule has 3 saturated heterocycles. The van der Waals surface area contributed by atoms with E-state index in [1.165, 1.54) is 4.90 Å². The van der Waals surface area contributed by atoms with Crippen molar-refractivity contribution in [1.82, 2.24) is 50.5 Å². The van der Waals surface area contributed by atoms with Gasteiger partial charge in [-0.1, -0.05) is 44.9 Å². The Hall–Kier alpha value is -6.81. The van der Waals surface area contributed by atoms with Gasteiger partial charge in [-0.05, 0) is 92.9 Å². The van der Waals surface area contributed by atoms with Crippen LogP contribution in [-0.2, 0) is 27.3 Å². The number of aliphatic hydroxyl groups is 1. The van der Waals surface area contributed by atoms with Gasteiger partial charge in [0.2, 0.25) is 17.8 Å². The number of likely N-dealkylation sites (tertiary alicyclic amines) is 3. The van der Waals surface area contributed by atoms with Gasteiger partial charge in [0.1, 0.15) is 23.6 Å². The van der Waals surface area contributed by atoms with Crippen molar-refractivity contribution in [3.8, 4) is 35.1 Å². The molecule has 18 heteroatoms. The van der Waals surface area contributed by atoms with Crippen LogP contribution in [0.25, 0.3) is 22.3 Å². The fourth-order valence-electron chi connectivity index (χ4n) is 11.1. The number of anilines is 1. The lowest BCUT2D eigenvalue weighted by Crippen LogP contribution is -2.60. The van der Waals surface area contributed by atoms with Crippen LogP contribution in [0.4, 0.5) is 10.7 Å². The minimum absolute atomic E-state index is 0.00521. The number of carbonyl (C=O) groups is 3. The smallest absolute Gasteiger partial charge is 0.318 e. The number of phenols is 1. The van der Waals surface area contributed by atoms with E-state index in [-0.39, 0.29) is 37.3 Å². The molecule has 0 radical (unpaired) electrons. The van der Waals surface area contributed by atoms with E-state index in [0.717, 1.165) is 85.2 Å². The quantitative estimate of drug-likeness (QED) is 0.0670. The highest BCUT2D eigenvalue weighted by Gasteiger charge is 2.45. The van der Waals surface area contributed by atoms with Crippen molar-refractivity contribution in [2.75, 3.05) is 64.5 Å². The number of carbonyl (C=O) groups excluding carboxylic acids is 3. The third-order valence-corrected chi connectivity index (χ3v) is 15.2. The Morgan fingerprint density at radius 1 is 0.973 bits per heavy atom. The van der Waals surface area contributed by atoms with E-state index in [1.807, 2.05) is 57.4 Å². The molecule has 3 aromatic heterocycles. The summed E-state index contributed by atoms with van der Waals surface area (Å²) in [7, 11) is 1.63. The number of benzene rings is 2. The molecule has 0 unspecified atom stereocenters. The lowest BCUT2D eigenvalue weighted by atomic mass is 9.85. The van der Waals surface area contributed by atoms with Gasteiger partial charge in [-0.15, -0.1) is 16.6 Å². The zero-order valence-electron chi connectivity index (χ0n) is 42.6. The highest BCUT2D eigenvalue weighted by molar-refractivity contribution is 5.93. The maximum atomic E-state index is 14.4. The zero-order valence-corrected chi connectivity index (χ0v) is 42.6. The number of rotatable bonds is 14. The van der Waals surface area contributed by atoms with Crippen LogP contribution in [-0.4, -0.2) is 152 Å². The second kappa shape index (κ2) is 22.1. The van der Waals surface area contributed by atoms with Gasteiger partial charge in [-0.2, -0.15) is 0 Å². The summed E-state index contributed by atoms with van der Waals surface area (Å²) in [5.74, 6) is 3.58. The predicted octanol–water partition coefficient (Wildman–Crippen LogP) is 5.69. The number of methoxy groups -OCH3 is 1. The van der Waals surface area contributed by atoms with Crippen molar-refractivity contribution in [3.63, 3.8) is 0 Å². The van der Waals surface area contributed by atoms with Crippen molar-refractivity contribution in [2.45, 2.75) is 115 Å². The maximum absolute atomic E-state index is 14.4. The summed E-state index contributed by atoms with van der Waals surface area (Å²) in [6, 6.07) is 12.7. The molecular formula is C55H69N11O7. The largest absolute Gasteiger partial charge is 0.507 e. The number of ether oxygens (including phenoxy) is 2. The van der Waals surface area contributed by atoms with Crippen LogP contribution in [0.5, 0.6) is 11.5 Å². The number of fused-ring (bicyclic) bond motifs is 3. The summed E-state index contributed by atoms with van der Waals surface area (Å²) < 4.78 is 11.1. The van der Waals surface area contributed by atoms with Gasteiger partial charge < -0.3 is 54.9 Å². The van der Waals surface area contributed by atoms with Gasteiger partial charge in [0.15, 0.2) is 5.65 Å². The molecule has 2 aromatic carbocycles. The van der Waals surface area contributed by atoms with E-state index in [2.05, 4.69) is 48.5 Å². The SMILES string of the molecule is C#Cc1ccc(CNC(=O)[C@@H]2C[C@@H](O)CN2C(=O)[C@@H](NC(=O)N2CCC(N3CCC(c4cnc(N5CCc6[nH]c7nnc(-c8ccccc8O)cc7c6[C@@H]5C)nc4)CC3)CC2)C(C)(C)C)c(OCCCOC)c1. The normalized spacial score (nSPS) is 20.4. The van der Waals surface area contributed by atoms with E-state index in [1.54, 1.807) is 36.3 Å². The van der Waals surface area contributed by atoms with E-state index in [9.17, 15) is 24.6 Å². The lowest BCUT2D eigenvalue weighted by Gasteiger charge is -2.42. The van der Waals surface area contributed by atoms with Crippen LogP contribution in [0.1, 0.15) is 106 Å². The third-order valence-electron chi connectivity index (χ3n) is 15.2. The minimum atomic E-state index is -0.935. The molecule has 0 aliphatic carbocycles. The van der Waals surface area contributed by atoms with Crippen molar-refractivity contribution in [1.29, 1.82) is 0 Å². The molecule has 0 bridgehead atoms. The van der Waals surface area contributed by atoms with Crippen molar-refractivity contribution in [2.24, 2.45) is 5.41 Å². The molecule has 5 N–H and O–H groups in total. The van der Waals surface area contributed by atoms with E-state index in [4.69, 9.17) is 25.9 Å². The molecule has 18 nitrogen and oxygen atoms in total. The van der Waals surface area contributed by atoms with Crippen LogP contribution >= 0.6 is 0 Å². The number of para-hydroxylation sites is 1. The molecule has 4 amide bonds. The summed E-state index contributed by atoms with van der Waals surface area (Å²) in [6.45, 7) is 12.7. The Morgan fingerprint density at radius 3 is 2.44 bits per heavy atom. The molecule has 4 aliphatic heterocycles. The van der Waals surface area contributed by atoms with Crippen molar-refractivity contribution >= 4 is 34.8 Å². The number of aromatic amines is 1. The number of aromatic nitrogens is 5. The van der Waals surface area contributed by atoms with E-state index in [0.29, 0.717) is 73.2 Å². The lowest BCUT2D eigenvalue weighted by molar-refractivity contribution is -0.142. The van der Waals surface area contributed by atoms with Gasteiger partial charge in [0, 0.05) is 117 Å². The highest BCUT2D eigenvalue weighted by Crippen LogP contribution is 2.39. The van der Waals surface area contributed by atoms with Gasteiger partial charge in [-0.3, -0.25) is 9.59 Å². The average molecular weight is 996 g/mol. The minimum Gasteiger partial charge on any atom is -0.507 e. The average Bonchev–Trinajstić information content (AvgIpc) is 3.99. The fourth-order valence-corrected chi connectivity index (χ4v) is 11.1. The Balaban J connectivity index is 0.756. The van der Waals surface area contributed by atoms with Crippen LogP contribution in [0.3, 0.4) is 0 Å². The third kappa shape index (κ3) is 11.2. The zero-order chi connectivity index (χ0) is 51.4. The maximum Gasteiger partial charge on any atom is 0.318 e. The number of hydrogen-bond acceptors (Lipinski definition) is 13. The number of aliphatic hydroxyl groups excluding tert-OH is 1. The van der Waals surface area contributed by atoms with Gasteiger partial charge in [0.05, 0.1) is 24.4 Å². The number of H-pyrrole nitrogens is 1. The number of aromatic hydroxyl groups is 1. The molecule has 4 aliphatic rings. The summed E-state index contributed by atoms with van der Waals surface area (Å²) in [5, 5.41) is 37.1. The number of nitrogens with one attached hydrogen (secondary N) is 3. The summed E-state index contributed by atoms with van der Waals surface area (Å²) in [5.41, 5.74) is 6.10. The molecule has 0 saturated carbocycles. The summed E-state index contributed by atoms with van der Waals surface area (Å²) >= 11 is 0. The van der Waals surface area contributed by atoms with E-state index < -0.39 is 35.4 Å². The molecule has 0 spiro atoms. The molecule has 386 valence electrons. The summed E-state index contributed by atoms with van der Waals surface area (Å²) in [6.07, 6.45) is 13.9. The number of phenolic OH excluding ortho intramolecular Hbond substituents is 1. The second-order valence-corrected chi connectivity index (χ2v) is 21.0. The van der Waals surface area contributed by atoms with Crippen LogP contribution in [0.2, 0.25) is 0 Å². The van der Waals surface area contributed by atoms with Crippen LogP contribution < -0.4 is 20.3 Å². The second-order valence-electron chi connectivity index (χ2n) is 21.0. The molecule has 3 fully saturated rings. The molecular weight excluding hydrogens is 927 g/mol. The van der Waals surface area contributed by atoms with Crippen LogP contribution in [0, 0.1) is 17.8 Å². The van der Waals surface area contributed by atoms with Gasteiger partial charge in [0.25, 0.3) is 0 Å². The number of urea groups is 1. The van der Waals surface area contributed by atoms with Crippen molar-refractivity contribution in [3.05, 3.63) is 88.9 Å². The molecule has 7 heterocycles. The van der Waals surface area contributed by atoms with Crippen LogP contribution in [0.15, 0.2) is 60.9 Å². The predicted molar refractivity (Wildman–Crippen MR) is 277 cm³/mol. The molecule has 4 atom stereocenters. The molecule has 5 aromatic rings. The highest BCUT2D eigenvalue weighted by atomic mass is 16.5. The number of terminal acetylenes is 1. The first-order chi connectivity index (χ1) is 35.2. The van der Waals surface area contributed by atoms with Gasteiger partial charge >= 0.3 is 6.03 Å². The first-order valence-corrected chi connectivity index (χ1v) is 25.7. The Morgan fingerprint density at radius 2 is 1.73 bits per heavy atom. The van der Waals surface area contributed by atoms with Gasteiger partial charge in [-0.25, -0.2) is 14.8 Å². The first kappa shape index (κ1) is 51.1. The van der Waals surface area contributed by atoms with E-state index >= 15 is 0 Å². The Bertz CT molecular complexity index is 2810. The fraction of sp³-hybridized carbons (Fsp3) is 0.509. The summed E-state index contributed by atoms with van der Waals surface area (Å²) in [4.78, 5) is 63.4. The monoisotopic (exact) mass is 996 g/mol. The molecule has 9 rings (SSSR count). The molecule has 73 heavy (non-hydrogen) atoms. The standard InChI is InChI=1S/C55H69N11O7/c1-7-35-13-14-37(47(27-35)73-26-10-25-72-6)30-56-51(69)45-28-40(67)33-66(45)52(70)49(55(3,4)5)60-54(71)64-22-17-39(18-23-64)63-20-15-36(16-21-63)38-31-57-53(58-32-38)65-24-19-43-48(34(65)2)42-29-44(61-62-50(42)59-43)41-11-8-9-12-46(41)68/h1,8-9,11-14,27,29,31-32,34,36,39-40,45,49,67-68H,10,15-26,28,30,33H2,2-6H3,(H,56,69)(H,59,62)(H,60,71)/t34-,40+,45-,49+/m0/s1. The Labute approximate surface area is 427 Å².